The van der Waals surface area contributed by atoms with Crippen molar-refractivity contribution in [2.75, 3.05) is 7.05 Å². The molecule has 1 rings (SSSR count). The monoisotopic (exact) mass is 321 g/mol. The highest BCUT2D eigenvalue weighted by Crippen LogP contribution is 2.28. The van der Waals surface area contributed by atoms with Crippen molar-refractivity contribution < 1.29 is 4.39 Å². The van der Waals surface area contributed by atoms with E-state index in [2.05, 4.69) is 28.2 Å². The summed E-state index contributed by atoms with van der Waals surface area (Å²) in [5.41, 5.74) is 0.689. The molecule has 0 heterocycles. The van der Waals surface area contributed by atoms with Gasteiger partial charge in [0, 0.05) is 10.5 Å². The fraction of sp³-hybridized carbons (Fsp3) is 0.538. The van der Waals surface area contributed by atoms with Gasteiger partial charge in [0.25, 0.3) is 0 Å². The maximum Gasteiger partial charge on any atom is 0.146 e. The zero-order chi connectivity index (χ0) is 12.8. The molecule has 0 aromatic heterocycles. The Morgan fingerprint density at radius 3 is 2.71 bits per heavy atom. The smallest absolute Gasteiger partial charge is 0.146 e. The molecule has 0 saturated heterocycles. The minimum atomic E-state index is -0.299. The van der Waals surface area contributed by atoms with E-state index in [4.69, 9.17) is 11.6 Å². The number of benzene rings is 1. The molecule has 0 aliphatic rings. The van der Waals surface area contributed by atoms with Crippen LogP contribution in [0.3, 0.4) is 0 Å². The molecule has 1 aromatic rings. The Bertz CT molecular complexity index is 371. The van der Waals surface area contributed by atoms with Gasteiger partial charge in [-0.15, -0.1) is 0 Å². The van der Waals surface area contributed by atoms with Gasteiger partial charge in [-0.3, -0.25) is 0 Å². The van der Waals surface area contributed by atoms with Crippen molar-refractivity contribution in [3.63, 3.8) is 0 Å². The first-order valence-corrected chi connectivity index (χ1v) is 7.06. The summed E-state index contributed by atoms with van der Waals surface area (Å²) in [5, 5.41) is 3.43. The molecular weight excluding hydrogens is 305 g/mol. The first-order valence-electron chi connectivity index (χ1n) is 5.89. The fourth-order valence-electron chi connectivity index (χ4n) is 1.87. The Morgan fingerprint density at radius 1 is 1.41 bits per heavy atom. The van der Waals surface area contributed by atoms with E-state index >= 15 is 0 Å². The molecule has 0 bridgehead atoms. The summed E-state index contributed by atoms with van der Waals surface area (Å²) >= 11 is 9.07. The molecule has 1 N–H and O–H groups in total. The Balaban J connectivity index is 2.66. The number of rotatable bonds is 6. The van der Waals surface area contributed by atoms with Gasteiger partial charge in [-0.25, -0.2) is 4.39 Å². The number of hydrogen-bond donors (Lipinski definition) is 1. The van der Waals surface area contributed by atoms with E-state index in [-0.39, 0.29) is 10.8 Å². The fourth-order valence-corrected chi connectivity index (χ4v) is 2.36. The lowest BCUT2D eigenvalue weighted by Gasteiger charge is -2.15. The molecule has 0 fully saturated rings. The summed E-state index contributed by atoms with van der Waals surface area (Å²) in [4.78, 5) is 0. The van der Waals surface area contributed by atoms with Crippen molar-refractivity contribution in [2.45, 2.75) is 38.6 Å². The minimum Gasteiger partial charge on any atom is -0.317 e. The van der Waals surface area contributed by atoms with E-state index in [0.29, 0.717) is 22.5 Å². The van der Waals surface area contributed by atoms with Crippen LogP contribution in [0.15, 0.2) is 16.6 Å². The summed E-state index contributed by atoms with van der Waals surface area (Å²) in [5.74, 6) is -0.299. The first kappa shape index (κ1) is 14.9. The van der Waals surface area contributed by atoms with E-state index in [0.717, 1.165) is 19.3 Å². The Morgan fingerprint density at radius 2 is 2.12 bits per heavy atom. The highest BCUT2D eigenvalue weighted by molar-refractivity contribution is 9.10. The van der Waals surface area contributed by atoms with Gasteiger partial charge in [-0.05, 0) is 53.9 Å². The minimum absolute atomic E-state index is 0.180. The zero-order valence-electron chi connectivity index (χ0n) is 10.2. The van der Waals surface area contributed by atoms with E-state index in [1.165, 1.54) is 0 Å². The van der Waals surface area contributed by atoms with Crippen LogP contribution in [0.1, 0.15) is 31.7 Å². The summed E-state index contributed by atoms with van der Waals surface area (Å²) < 4.78 is 14.4. The molecule has 1 aromatic carbocycles. The van der Waals surface area contributed by atoms with Crippen molar-refractivity contribution in [1.82, 2.24) is 5.32 Å². The Hall–Kier alpha value is -0.120. The van der Waals surface area contributed by atoms with Crippen molar-refractivity contribution in [3.05, 3.63) is 33.0 Å². The van der Waals surface area contributed by atoms with Crippen molar-refractivity contribution in [3.8, 4) is 0 Å². The molecule has 0 spiro atoms. The summed E-state index contributed by atoms with van der Waals surface area (Å²) in [6.45, 7) is 2.15. The maximum absolute atomic E-state index is 13.8. The van der Waals surface area contributed by atoms with E-state index in [1.807, 2.05) is 7.05 Å². The second kappa shape index (κ2) is 7.34. The zero-order valence-corrected chi connectivity index (χ0v) is 12.5. The second-order valence-corrected chi connectivity index (χ2v) is 5.38. The number of nitrogens with one attached hydrogen (secondary N) is 1. The normalized spacial score (nSPS) is 12.8. The van der Waals surface area contributed by atoms with Gasteiger partial charge in [0.05, 0.1) is 5.02 Å². The molecule has 96 valence electrons. The highest BCUT2D eigenvalue weighted by atomic mass is 79.9. The lowest BCUT2D eigenvalue weighted by molar-refractivity contribution is 0.478. The second-order valence-electron chi connectivity index (χ2n) is 4.15. The van der Waals surface area contributed by atoms with E-state index in [1.54, 1.807) is 12.1 Å². The van der Waals surface area contributed by atoms with Crippen molar-refractivity contribution in [2.24, 2.45) is 0 Å². The molecule has 0 saturated carbocycles. The third kappa shape index (κ3) is 4.23. The summed E-state index contributed by atoms with van der Waals surface area (Å²) in [7, 11) is 1.95. The van der Waals surface area contributed by atoms with Crippen LogP contribution in [-0.4, -0.2) is 13.1 Å². The molecule has 0 radical (unpaired) electrons. The van der Waals surface area contributed by atoms with Gasteiger partial charge in [-0.2, -0.15) is 0 Å². The molecule has 0 aliphatic heterocycles. The van der Waals surface area contributed by atoms with Crippen LogP contribution in [0.25, 0.3) is 0 Å². The van der Waals surface area contributed by atoms with Gasteiger partial charge >= 0.3 is 0 Å². The molecule has 1 unspecified atom stereocenters. The largest absolute Gasteiger partial charge is 0.317 e. The van der Waals surface area contributed by atoms with Crippen LogP contribution in [0.5, 0.6) is 0 Å². The van der Waals surface area contributed by atoms with Crippen LogP contribution < -0.4 is 5.32 Å². The third-order valence-corrected chi connectivity index (χ3v) is 4.18. The highest BCUT2D eigenvalue weighted by Gasteiger charge is 2.12. The average molecular weight is 323 g/mol. The molecule has 17 heavy (non-hydrogen) atoms. The number of hydrogen-bond acceptors (Lipinski definition) is 1. The molecular formula is C13H18BrClFN. The van der Waals surface area contributed by atoms with Gasteiger partial charge < -0.3 is 5.32 Å². The molecule has 0 amide bonds. The maximum atomic E-state index is 13.8. The summed E-state index contributed by atoms with van der Waals surface area (Å²) in [6.07, 6.45) is 3.89. The number of aryl methyl sites for hydroxylation is 1. The lowest BCUT2D eigenvalue weighted by atomic mass is 10.0. The van der Waals surface area contributed by atoms with Gasteiger partial charge in [-0.1, -0.05) is 31.0 Å². The predicted octanol–water partition coefficient (Wildman–Crippen LogP) is 4.56. The van der Waals surface area contributed by atoms with Gasteiger partial charge in [0.15, 0.2) is 0 Å². The summed E-state index contributed by atoms with van der Waals surface area (Å²) in [6, 6.07) is 4.04. The van der Waals surface area contributed by atoms with Crippen LogP contribution in [0, 0.1) is 5.82 Å². The molecule has 1 atom stereocenters. The SMILES string of the molecule is CCCC(CCc1ccc(Br)c(Cl)c1F)NC. The standard InChI is InChI=1S/C13H18BrClFN/c1-3-4-10(17-2)7-5-9-6-8-11(14)12(15)13(9)16/h6,8,10,17H,3-5,7H2,1-2H3. The first-order chi connectivity index (χ1) is 8.10. The van der Waals surface area contributed by atoms with Gasteiger partial charge in [0.2, 0.25) is 0 Å². The van der Waals surface area contributed by atoms with E-state index in [9.17, 15) is 4.39 Å². The topological polar surface area (TPSA) is 12.0 Å². The van der Waals surface area contributed by atoms with Gasteiger partial charge in [0.1, 0.15) is 5.82 Å². The molecule has 1 nitrogen and oxygen atoms in total. The Labute approximate surface area is 116 Å². The average Bonchev–Trinajstić information content (AvgIpc) is 2.33. The number of halogens is 3. The van der Waals surface area contributed by atoms with Crippen LogP contribution in [-0.2, 0) is 6.42 Å². The predicted molar refractivity (Wildman–Crippen MR) is 75.2 cm³/mol. The van der Waals surface area contributed by atoms with Crippen molar-refractivity contribution >= 4 is 27.5 Å². The Kier molecular flexibility index (Phi) is 6.45. The third-order valence-electron chi connectivity index (χ3n) is 2.92. The van der Waals surface area contributed by atoms with Crippen LogP contribution in [0.2, 0.25) is 5.02 Å². The van der Waals surface area contributed by atoms with Crippen LogP contribution >= 0.6 is 27.5 Å². The van der Waals surface area contributed by atoms with Crippen LogP contribution in [0.4, 0.5) is 4.39 Å². The molecule has 4 heteroatoms. The lowest BCUT2D eigenvalue weighted by Crippen LogP contribution is -2.25. The van der Waals surface area contributed by atoms with Crippen molar-refractivity contribution in [1.29, 1.82) is 0 Å². The molecule has 0 aliphatic carbocycles. The van der Waals surface area contributed by atoms with E-state index < -0.39 is 0 Å². The quantitative estimate of drug-likeness (QED) is 0.757.